The number of likely N-dealkylation sites (tertiary alicyclic amines) is 1. The number of thiophene rings is 1. The van der Waals surface area contributed by atoms with Gasteiger partial charge in [0.05, 0.1) is 11.6 Å². The molecular formula is C23H30N5O4S+. The molecule has 1 saturated heterocycles. The smallest absolute Gasteiger partial charge is 0.371 e. The van der Waals surface area contributed by atoms with Crippen LogP contribution in [0.4, 0.5) is 17.3 Å². The molecule has 9 nitrogen and oxygen atoms in total. The highest BCUT2D eigenvalue weighted by molar-refractivity contribution is 7.12. The zero-order valence-corrected chi connectivity index (χ0v) is 20.1. The molecule has 3 aromatic rings. The molecule has 0 spiro atoms. The number of aromatic amines is 1. The maximum Gasteiger partial charge on any atom is 0.371 e. The van der Waals surface area contributed by atoms with Gasteiger partial charge in [-0.3, -0.25) is 10.1 Å². The minimum atomic E-state index is -0.221. The largest absolute Gasteiger partial charge is 0.504 e. The first kappa shape index (κ1) is 22.9. The van der Waals surface area contributed by atoms with E-state index in [1.54, 1.807) is 34.4 Å². The van der Waals surface area contributed by atoms with Gasteiger partial charge in [0.1, 0.15) is 5.69 Å². The Kier molecular flexibility index (Phi) is 6.20. The molecule has 10 heteroatoms. The highest BCUT2D eigenvalue weighted by Crippen LogP contribution is 2.40. The van der Waals surface area contributed by atoms with Crippen LogP contribution >= 0.6 is 11.3 Å². The van der Waals surface area contributed by atoms with Crippen molar-refractivity contribution in [3.05, 3.63) is 50.6 Å². The SMILES string of the molecule is Cc1ccc([C@H](Nc2[nH]o[n+](=O)c2Nc2cccc(C(=O)N3CCCC3)c2O)C(C)(C)C)s1. The molecule has 0 aliphatic carbocycles. The second-order valence-electron chi connectivity index (χ2n) is 9.39. The normalized spacial score (nSPS) is 15.0. The number of anilines is 3. The molecule has 4 rings (SSSR count). The number of nitrogens with zero attached hydrogens (tertiary/aromatic N) is 2. The van der Waals surface area contributed by atoms with E-state index < -0.39 is 0 Å². The van der Waals surface area contributed by atoms with Gasteiger partial charge in [0.25, 0.3) is 11.7 Å². The highest BCUT2D eigenvalue weighted by atomic mass is 32.1. The van der Waals surface area contributed by atoms with Crippen LogP contribution in [0.3, 0.4) is 0 Å². The molecule has 4 N–H and O–H groups in total. The Bertz CT molecular complexity index is 1200. The van der Waals surface area contributed by atoms with E-state index in [4.69, 9.17) is 4.63 Å². The van der Waals surface area contributed by atoms with Crippen LogP contribution in [0, 0.1) is 17.2 Å². The van der Waals surface area contributed by atoms with Crippen LogP contribution in [-0.2, 0) is 0 Å². The van der Waals surface area contributed by atoms with E-state index in [0.717, 1.165) is 17.7 Å². The van der Waals surface area contributed by atoms with Crippen LogP contribution < -0.4 is 15.2 Å². The number of nitrogens with one attached hydrogen (secondary N) is 3. The fraction of sp³-hybridized carbons (Fsp3) is 0.435. The molecule has 33 heavy (non-hydrogen) atoms. The van der Waals surface area contributed by atoms with Gasteiger partial charge in [0.15, 0.2) is 10.3 Å². The van der Waals surface area contributed by atoms with Crippen molar-refractivity contribution >= 4 is 34.6 Å². The number of carbonyl (C=O) groups is 1. The Morgan fingerprint density at radius 1 is 1.24 bits per heavy atom. The summed E-state index contributed by atoms with van der Waals surface area (Å²) < 4.78 is 5.28. The molecule has 176 valence electrons. The van der Waals surface area contributed by atoms with E-state index >= 15 is 0 Å². The zero-order chi connectivity index (χ0) is 23.8. The molecule has 0 bridgehead atoms. The van der Waals surface area contributed by atoms with Crippen LogP contribution in [0.25, 0.3) is 0 Å². The lowest BCUT2D eigenvalue weighted by Crippen LogP contribution is -2.27. The third-order valence-corrected chi connectivity index (χ3v) is 6.83. The number of para-hydroxylation sites is 1. The van der Waals surface area contributed by atoms with Crippen LogP contribution in [0.5, 0.6) is 5.75 Å². The number of phenols is 1. The minimum Gasteiger partial charge on any atom is -0.504 e. The predicted molar refractivity (Wildman–Crippen MR) is 128 cm³/mol. The summed E-state index contributed by atoms with van der Waals surface area (Å²) in [7, 11) is 0. The summed E-state index contributed by atoms with van der Waals surface area (Å²) >= 11 is 1.68. The average molecular weight is 473 g/mol. The molecule has 3 heterocycles. The van der Waals surface area contributed by atoms with Gasteiger partial charge in [0, 0.05) is 22.8 Å². The third kappa shape index (κ3) is 4.75. The lowest BCUT2D eigenvalue weighted by Gasteiger charge is -2.30. The average Bonchev–Trinajstić information content (AvgIpc) is 3.50. The first-order valence-electron chi connectivity index (χ1n) is 11.0. The van der Waals surface area contributed by atoms with E-state index in [-0.39, 0.29) is 40.2 Å². The number of H-pyrrole nitrogens is 1. The van der Waals surface area contributed by atoms with Crippen molar-refractivity contribution in [2.24, 2.45) is 5.41 Å². The van der Waals surface area contributed by atoms with Crippen LogP contribution in [-0.4, -0.2) is 34.2 Å². The number of benzene rings is 1. The van der Waals surface area contributed by atoms with E-state index in [0.29, 0.717) is 23.5 Å². The molecule has 2 aromatic heterocycles. The van der Waals surface area contributed by atoms with Gasteiger partial charge in [-0.2, -0.15) is 0 Å². The van der Waals surface area contributed by atoms with Gasteiger partial charge < -0.3 is 15.3 Å². The van der Waals surface area contributed by atoms with Crippen molar-refractivity contribution in [3.63, 3.8) is 0 Å². The topological polar surface area (TPSA) is 116 Å². The Labute approximate surface area is 196 Å². The van der Waals surface area contributed by atoms with Gasteiger partial charge in [-0.1, -0.05) is 32.0 Å². The van der Waals surface area contributed by atoms with Crippen molar-refractivity contribution in [2.75, 3.05) is 23.7 Å². The number of aromatic hydroxyl groups is 1. The van der Waals surface area contributed by atoms with Crippen LogP contribution in [0.1, 0.15) is 59.8 Å². The maximum absolute atomic E-state index is 12.8. The number of aromatic nitrogens is 2. The number of hydrogen-bond donors (Lipinski definition) is 4. The quantitative estimate of drug-likeness (QED) is 0.384. The van der Waals surface area contributed by atoms with Crippen molar-refractivity contribution in [2.45, 2.75) is 46.6 Å². The summed E-state index contributed by atoms with van der Waals surface area (Å²) in [4.78, 5) is 29.3. The molecule has 1 aliphatic rings. The Hall–Kier alpha value is -3.27. The zero-order valence-electron chi connectivity index (χ0n) is 19.3. The summed E-state index contributed by atoms with van der Waals surface area (Å²) in [5.41, 5.74) is 0.266. The molecular weight excluding hydrogens is 442 g/mol. The van der Waals surface area contributed by atoms with Crippen molar-refractivity contribution in [1.29, 1.82) is 0 Å². The maximum atomic E-state index is 12.8. The number of aryl methyl sites for hydroxylation is 1. The number of phenolic OH excluding ortho intramolecular Hbond substituents is 1. The summed E-state index contributed by atoms with van der Waals surface area (Å²) in [6.07, 6.45) is 1.92. The van der Waals surface area contributed by atoms with Gasteiger partial charge in [-0.05, 0) is 54.4 Å². The van der Waals surface area contributed by atoms with Crippen molar-refractivity contribution < 1.29 is 19.1 Å². The second-order valence-corrected chi connectivity index (χ2v) is 10.7. The molecule has 0 unspecified atom stereocenters. The van der Waals surface area contributed by atoms with Gasteiger partial charge in [-0.15, -0.1) is 16.0 Å². The number of amides is 1. The Balaban J connectivity index is 1.63. The minimum absolute atomic E-state index is 0.0543. The second kappa shape index (κ2) is 8.93. The fourth-order valence-corrected chi connectivity index (χ4v) is 5.16. The predicted octanol–water partition coefficient (Wildman–Crippen LogP) is 4.78. The highest BCUT2D eigenvalue weighted by Gasteiger charge is 2.32. The number of hydrogen-bond acceptors (Lipinski definition) is 7. The number of rotatable bonds is 6. The van der Waals surface area contributed by atoms with E-state index in [9.17, 15) is 14.8 Å². The third-order valence-electron chi connectivity index (χ3n) is 5.76. The standard InChI is InChI=1S/C23H29N5O4S/c1-14-10-11-17(33-14)19(23(2,3)4)25-20-21(28(31)32-26-20)24-16-9-7-8-15(18(16)29)22(30)27-12-5-6-13-27/h7-11,19,24H,5-6,12-13H2,1-4H3,(H2-,25,26,29,30,31)/p+1/t19-/m0/s1. The molecule has 1 atom stereocenters. The lowest BCUT2D eigenvalue weighted by atomic mass is 9.86. The first-order chi connectivity index (χ1) is 15.6. The summed E-state index contributed by atoms with van der Waals surface area (Å²) in [5, 5.41) is 19.8. The summed E-state index contributed by atoms with van der Waals surface area (Å²) in [6, 6.07) is 8.89. The Morgan fingerprint density at radius 2 is 1.97 bits per heavy atom. The molecule has 1 aliphatic heterocycles. The monoisotopic (exact) mass is 472 g/mol. The molecule has 1 amide bonds. The van der Waals surface area contributed by atoms with Gasteiger partial charge in [0.2, 0.25) is 0 Å². The van der Waals surface area contributed by atoms with Crippen molar-refractivity contribution in [1.82, 2.24) is 10.1 Å². The summed E-state index contributed by atoms with van der Waals surface area (Å²) in [5.74, 6) is -0.0327. The molecule has 1 aromatic carbocycles. The summed E-state index contributed by atoms with van der Waals surface area (Å²) in [6.45, 7) is 9.73. The fourth-order valence-electron chi connectivity index (χ4n) is 3.98. The number of carbonyl (C=O) groups excluding carboxylic acids is 1. The van der Waals surface area contributed by atoms with E-state index in [2.05, 4.69) is 55.6 Å². The van der Waals surface area contributed by atoms with Crippen LogP contribution in [0.2, 0.25) is 0 Å². The molecule has 0 saturated carbocycles. The van der Waals surface area contributed by atoms with Crippen LogP contribution in [0.15, 0.2) is 35.0 Å². The molecule has 0 radical (unpaired) electrons. The van der Waals surface area contributed by atoms with Crippen molar-refractivity contribution in [3.8, 4) is 5.75 Å². The van der Waals surface area contributed by atoms with Gasteiger partial charge in [-0.25, -0.2) is 0 Å². The van der Waals surface area contributed by atoms with E-state index in [1.165, 1.54) is 4.88 Å². The van der Waals surface area contributed by atoms with Gasteiger partial charge >= 0.3 is 5.82 Å². The Morgan fingerprint density at radius 3 is 2.61 bits per heavy atom. The first-order valence-corrected chi connectivity index (χ1v) is 11.8. The lowest BCUT2D eigenvalue weighted by molar-refractivity contribution is -0.701. The molecule has 1 fully saturated rings. The van der Waals surface area contributed by atoms with E-state index in [1.807, 2.05) is 0 Å².